The summed E-state index contributed by atoms with van der Waals surface area (Å²) in [4.78, 5) is 0. The first-order chi connectivity index (χ1) is 9.31. The predicted molar refractivity (Wildman–Crippen MR) is 89.9 cm³/mol. The third-order valence-electron chi connectivity index (χ3n) is 4.12. The number of hydrogen-bond acceptors (Lipinski definition) is 2. The molecule has 0 aliphatic rings. The van der Waals surface area contributed by atoms with E-state index in [-0.39, 0.29) is 0 Å². The zero-order valence-electron chi connectivity index (χ0n) is 13.8. The molecular weight excluding hydrogens is 314 g/mol. The fourth-order valence-corrected chi connectivity index (χ4v) is 2.93. The standard InChI is InChI=1S/C16H30BrN3/c1-7-9-20-15(13(17)11-19-20)14(18-8-2)10-12(3)16(4,5)6/h11-12,14,18H,7-10H2,1-6H3. The quantitative estimate of drug-likeness (QED) is 0.771. The fourth-order valence-electron chi connectivity index (χ4n) is 2.35. The maximum atomic E-state index is 4.51. The molecule has 0 aromatic carbocycles. The van der Waals surface area contributed by atoms with Crippen LogP contribution in [0.3, 0.4) is 0 Å². The van der Waals surface area contributed by atoms with Gasteiger partial charge in [0.1, 0.15) is 0 Å². The minimum Gasteiger partial charge on any atom is -0.309 e. The largest absolute Gasteiger partial charge is 0.309 e. The Balaban J connectivity index is 2.98. The molecule has 1 N–H and O–H groups in total. The normalized spacial score (nSPS) is 15.3. The van der Waals surface area contributed by atoms with E-state index in [1.54, 1.807) is 0 Å². The second kappa shape index (κ2) is 7.60. The Morgan fingerprint density at radius 3 is 2.50 bits per heavy atom. The van der Waals surface area contributed by atoms with E-state index in [2.05, 4.69) is 72.6 Å². The number of rotatable bonds is 7. The first-order valence-electron chi connectivity index (χ1n) is 7.75. The van der Waals surface area contributed by atoms with Crippen molar-refractivity contribution in [3.63, 3.8) is 0 Å². The topological polar surface area (TPSA) is 29.9 Å². The van der Waals surface area contributed by atoms with E-state index in [0.29, 0.717) is 17.4 Å². The third kappa shape index (κ3) is 4.59. The molecular formula is C16H30BrN3. The Kier molecular flexibility index (Phi) is 6.73. The minimum absolute atomic E-state index is 0.329. The molecule has 4 heteroatoms. The molecule has 0 bridgehead atoms. The van der Waals surface area contributed by atoms with Crippen molar-refractivity contribution in [1.82, 2.24) is 15.1 Å². The monoisotopic (exact) mass is 343 g/mol. The van der Waals surface area contributed by atoms with Gasteiger partial charge in [0.2, 0.25) is 0 Å². The van der Waals surface area contributed by atoms with Crippen molar-refractivity contribution in [1.29, 1.82) is 0 Å². The van der Waals surface area contributed by atoms with Crippen LogP contribution in [0.4, 0.5) is 0 Å². The zero-order chi connectivity index (χ0) is 15.3. The Morgan fingerprint density at radius 2 is 2.00 bits per heavy atom. The molecule has 0 fully saturated rings. The van der Waals surface area contributed by atoms with Crippen LogP contribution in [0.25, 0.3) is 0 Å². The molecule has 0 spiro atoms. The average molecular weight is 344 g/mol. The van der Waals surface area contributed by atoms with Crippen molar-refractivity contribution in [3.05, 3.63) is 16.4 Å². The number of aryl methyl sites for hydroxylation is 1. The van der Waals surface area contributed by atoms with Crippen molar-refractivity contribution in [2.75, 3.05) is 6.54 Å². The van der Waals surface area contributed by atoms with Gasteiger partial charge in [0, 0.05) is 6.54 Å². The summed E-state index contributed by atoms with van der Waals surface area (Å²) in [6.07, 6.45) is 4.16. The third-order valence-corrected chi connectivity index (χ3v) is 4.73. The van der Waals surface area contributed by atoms with Crippen molar-refractivity contribution in [2.45, 2.75) is 67.0 Å². The number of nitrogens with one attached hydrogen (secondary N) is 1. The molecule has 20 heavy (non-hydrogen) atoms. The Labute approximate surface area is 132 Å². The fraction of sp³-hybridized carbons (Fsp3) is 0.812. The smallest absolute Gasteiger partial charge is 0.0695 e. The Hall–Kier alpha value is -0.350. The van der Waals surface area contributed by atoms with Crippen LogP contribution in [0.5, 0.6) is 0 Å². The van der Waals surface area contributed by atoms with Crippen LogP contribution in [0, 0.1) is 11.3 Å². The summed E-state index contributed by atoms with van der Waals surface area (Å²) in [5.74, 6) is 0.642. The van der Waals surface area contributed by atoms with Gasteiger partial charge in [0.25, 0.3) is 0 Å². The van der Waals surface area contributed by atoms with E-state index in [9.17, 15) is 0 Å². The minimum atomic E-state index is 0.329. The molecule has 116 valence electrons. The second-order valence-electron chi connectivity index (χ2n) is 6.71. The highest BCUT2D eigenvalue weighted by molar-refractivity contribution is 9.10. The molecule has 1 aromatic rings. The molecule has 1 heterocycles. The van der Waals surface area contributed by atoms with Gasteiger partial charge in [-0.05, 0) is 46.6 Å². The summed E-state index contributed by atoms with van der Waals surface area (Å²) < 4.78 is 3.27. The van der Waals surface area contributed by atoms with Gasteiger partial charge in [-0.15, -0.1) is 0 Å². The lowest BCUT2D eigenvalue weighted by atomic mass is 9.78. The first kappa shape index (κ1) is 17.7. The van der Waals surface area contributed by atoms with Crippen molar-refractivity contribution >= 4 is 15.9 Å². The van der Waals surface area contributed by atoms with E-state index in [1.165, 1.54) is 5.69 Å². The number of hydrogen-bond donors (Lipinski definition) is 1. The molecule has 3 nitrogen and oxygen atoms in total. The maximum Gasteiger partial charge on any atom is 0.0695 e. The van der Waals surface area contributed by atoms with Crippen molar-refractivity contribution in [3.8, 4) is 0 Å². The summed E-state index contributed by atoms with van der Waals surface area (Å²) >= 11 is 3.67. The van der Waals surface area contributed by atoms with Crippen LogP contribution in [-0.4, -0.2) is 16.3 Å². The van der Waals surface area contributed by atoms with Crippen molar-refractivity contribution in [2.24, 2.45) is 11.3 Å². The highest BCUT2D eigenvalue weighted by Crippen LogP contribution is 2.35. The van der Waals surface area contributed by atoms with E-state index in [4.69, 9.17) is 0 Å². The van der Waals surface area contributed by atoms with E-state index in [0.717, 1.165) is 30.4 Å². The van der Waals surface area contributed by atoms with Crippen LogP contribution in [0.15, 0.2) is 10.7 Å². The second-order valence-corrected chi connectivity index (χ2v) is 7.57. The van der Waals surface area contributed by atoms with Crippen LogP contribution in [0.1, 0.15) is 66.1 Å². The average Bonchev–Trinajstić information content (AvgIpc) is 2.69. The number of aromatic nitrogens is 2. The molecule has 0 aliphatic carbocycles. The molecule has 1 rings (SSSR count). The first-order valence-corrected chi connectivity index (χ1v) is 8.55. The number of halogens is 1. The van der Waals surface area contributed by atoms with Crippen LogP contribution in [0.2, 0.25) is 0 Å². The molecule has 0 saturated carbocycles. The van der Waals surface area contributed by atoms with Gasteiger partial charge in [-0.2, -0.15) is 5.10 Å². The molecule has 0 saturated heterocycles. The number of nitrogens with zero attached hydrogens (tertiary/aromatic N) is 2. The summed E-state index contributed by atoms with van der Waals surface area (Å²) in [5.41, 5.74) is 1.63. The maximum absolute atomic E-state index is 4.51. The lowest BCUT2D eigenvalue weighted by molar-refractivity contribution is 0.220. The Morgan fingerprint density at radius 1 is 1.35 bits per heavy atom. The lowest BCUT2D eigenvalue weighted by Gasteiger charge is -2.31. The molecule has 1 aromatic heterocycles. The molecule has 2 unspecified atom stereocenters. The van der Waals surface area contributed by atoms with Crippen LogP contribution < -0.4 is 5.32 Å². The highest BCUT2D eigenvalue weighted by atomic mass is 79.9. The van der Waals surface area contributed by atoms with Gasteiger partial charge in [0.15, 0.2) is 0 Å². The van der Waals surface area contributed by atoms with Gasteiger partial charge in [-0.25, -0.2) is 0 Å². The highest BCUT2D eigenvalue weighted by Gasteiger charge is 2.27. The molecule has 2 atom stereocenters. The van der Waals surface area contributed by atoms with Gasteiger partial charge >= 0.3 is 0 Å². The molecule has 0 radical (unpaired) electrons. The van der Waals surface area contributed by atoms with E-state index < -0.39 is 0 Å². The van der Waals surface area contributed by atoms with Crippen molar-refractivity contribution < 1.29 is 0 Å². The predicted octanol–water partition coefficient (Wildman–Crippen LogP) is 4.78. The summed E-state index contributed by atoms with van der Waals surface area (Å²) in [5, 5.41) is 8.14. The van der Waals surface area contributed by atoms with Gasteiger partial charge in [-0.1, -0.05) is 41.5 Å². The van der Waals surface area contributed by atoms with Gasteiger partial charge < -0.3 is 5.32 Å². The zero-order valence-corrected chi connectivity index (χ0v) is 15.4. The van der Waals surface area contributed by atoms with E-state index in [1.807, 2.05) is 6.20 Å². The SMILES string of the molecule is CCCn1ncc(Br)c1C(CC(C)C(C)(C)C)NCC. The van der Waals surface area contributed by atoms with Gasteiger partial charge in [-0.3, -0.25) is 4.68 Å². The summed E-state index contributed by atoms with van der Waals surface area (Å²) in [6, 6.07) is 0.359. The molecule has 0 aliphatic heterocycles. The van der Waals surface area contributed by atoms with Crippen LogP contribution >= 0.6 is 15.9 Å². The molecule has 0 amide bonds. The van der Waals surface area contributed by atoms with Gasteiger partial charge in [0.05, 0.1) is 22.4 Å². The lowest BCUT2D eigenvalue weighted by Crippen LogP contribution is -2.29. The summed E-state index contributed by atoms with van der Waals surface area (Å²) in [6.45, 7) is 15.6. The Bertz CT molecular complexity index is 406. The van der Waals surface area contributed by atoms with Crippen LogP contribution in [-0.2, 0) is 6.54 Å². The summed E-state index contributed by atoms with van der Waals surface area (Å²) in [7, 11) is 0. The van der Waals surface area contributed by atoms with E-state index >= 15 is 0 Å².